The predicted octanol–water partition coefficient (Wildman–Crippen LogP) is 1.88. The molecular weight excluding hydrogens is 292 g/mol. The lowest BCUT2D eigenvalue weighted by Crippen LogP contribution is -2.45. The predicted molar refractivity (Wildman–Crippen MR) is 63.3 cm³/mol. The van der Waals surface area contributed by atoms with Crippen molar-refractivity contribution in [1.82, 2.24) is 10.6 Å². The molecule has 1 aliphatic carbocycles. The van der Waals surface area contributed by atoms with Crippen molar-refractivity contribution in [3.63, 3.8) is 0 Å². The van der Waals surface area contributed by atoms with Crippen molar-refractivity contribution in [2.75, 3.05) is 0 Å². The van der Waals surface area contributed by atoms with Crippen LogP contribution in [0.1, 0.15) is 23.3 Å². The minimum Gasteiger partial charge on any atom is -0.319 e. The van der Waals surface area contributed by atoms with Crippen molar-refractivity contribution in [1.29, 1.82) is 0 Å². The summed E-state index contributed by atoms with van der Waals surface area (Å²) >= 11 is 5.07. The number of halogens is 1. The van der Waals surface area contributed by atoms with Crippen LogP contribution in [0.2, 0.25) is 0 Å². The van der Waals surface area contributed by atoms with Crippen molar-refractivity contribution in [2.45, 2.75) is 24.8 Å². The zero-order valence-corrected chi connectivity index (χ0v) is 10.7. The van der Waals surface area contributed by atoms with Crippen LogP contribution in [0.15, 0.2) is 9.85 Å². The highest BCUT2D eigenvalue weighted by molar-refractivity contribution is 9.11. The molecule has 84 valence electrons. The molecular formula is C10H9BrN2O2S. The first-order chi connectivity index (χ1) is 7.62. The summed E-state index contributed by atoms with van der Waals surface area (Å²) in [5, 5.41) is 5.10. The Bertz CT molecular complexity index is 499. The number of fused-ring (bicyclic) bond motifs is 2. The first kappa shape index (κ1) is 10.3. The molecule has 0 bridgehead atoms. The topological polar surface area (TPSA) is 58.2 Å². The van der Waals surface area contributed by atoms with E-state index in [2.05, 4.69) is 26.6 Å². The molecule has 3 rings (SSSR count). The van der Waals surface area contributed by atoms with Gasteiger partial charge in [-0.15, -0.1) is 11.3 Å². The largest absolute Gasteiger partial charge is 0.322 e. The number of carbonyl (C=O) groups is 2. The van der Waals surface area contributed by atoms with E-state index in [1.54, 1.807) is 11.3 Å². The zero-order valence-electron chi connectivity index (χ0n) is 8.30. The molecule has 1 saturated heterocycles. The average molecular weight is 301 g/mol. The highest BCUT2D eigenvalue weighted by atomic mass is 79.9. The third kappa shape index (κ3) is 1.26. The average Bonchev–Trinajstić information content (AvgIpc) is 2.70. The fourth-order valence-corrected chi connectivity index (χ4v) is 4.27. The Labute approximate surface area is 105 Å². The smallest absolute Gasteiger partial charge is 0.319 e. The van der Waals surface area contributed by atoms with Crippen LogP contribution in [0.4, 0.5) is 4.79 Å². The summed E-state index contributed by atoms with van der Waals surface area (Å²) in [6, 6.07) is 1.56. The van der Waals surface area contributed by atoms with Crippen molar-refractivity contribution >= 4 is 39.2 Å². The highest BCUT2D eigenvalue weighted by Crippen LogP contribution is 2.42. The van der Waals surface area contributed by atoms with Gasteiger partial charge in [-0.25, -0.2) is 4.79 Å². The fraction of sp³-hybridized carbons (Fsp3) is 0.400. The Morgan fingerprint density at radius 2 is 2.25 bits per heavy atom. The standard InChI is InChI=1S/C10H9BrN2O2S/c11-7-4-5-6(16-7)2-1-3-10(5)8(14)12-9(15)13-10/h4H,1-3H2,(H2,12,13,14,15). The number of carbonyl (C=O) groups excluding carboxylic acids is 2. The number of hydrogen-bond acceptors (Lipinski definition) is 3. The molecule has 0 aromatic carbocycles. The van der Waals surface area contributed by atoms with Crippen molar-refractivity contribution < 1.29 is 9.59 Å². The Morgan fingerprint density at radius 3 is 2.94 bits per heavy atom. The second-order valence-electron chi connectivity index (χ2n) is 4.05. The molecule has 2 N–H and O–H groups in total. The first-order valence-corrected chi connectivity index (χ1v) is 6.65. The molecule has 1 fully saturated rings. The minimum absolute atomic E-state index is 0.219. The maximum atomic E-state index is 11.9. The Morgan fingerprint density at radius 1 is 1.44 bits per heavy atom. The molecule has 16 heavy (non-hydrogen) atoms. The van der Waals surface area contributed by atoms with Gasteiger partial charge in [0.25, 0.3) is 5.91 Å². The van der Waals surface area contributed by atoms with E-state index >= 15 is 0 Å². The molecule has 0 radical (unpaired) electrons. The summed E-state index contributed by atoms with van der Waals surface area (Å²) in [4.78, 5) is 24.4. The number of aryl methyl sites for hydroxylation is 1. The number of rotatable bonds is 0. The number of hydrogen-bond donors (Lipinski definition) is 2. The van der Waals surface area contributed by atoms with Gasteiger partial charge in [0.05, 0.1) is 3.79 Å². The van der Waals surface area contributed by atoms with Crippen molar-refractivity contribution in [2.24, 2.45) is 0 Å². The molecule has 1 atom stereocenters. The summed E-state index contributed by atoms with van der Waals surface area (Å²) in [6.07, 6.45) is 2.59. The van der Waals surface area contributed by atoms with E-state index in [-0.39, 0.29) is 11.9 Å². The summed E-state index contributed by atoms with van der Waals surface area (Å²) in [5.41, 5.74) is 0.145. The molecule has 0 saturated carbocycles. The SMILES string of the molecule is O=C1NC(=O)C2(CCCc3sc(Br)cc32)N1. The van der Waals surface area contributed by atoms with Gasteiger partial charge in [-0.2, -0.15) is 0 Å². The van der Waals surface area contributed by atoms with Gasteiger partial charge in [0.1, 0.15) is 5.54 Å². The van der Waals surface area contributed by atoms with Crippen LogP contribution >= 0.6 is 27.3 Å². The van der Waals surface area contributed by atoms with E-state index in [0.29, 0.717) is 6.42 Å². The third-order valence-corrected chi connectivity index (χ3v) is 4.83. The molecule has 1 aromatic rings. The van der Waals surface area contributed by atoms with Gasteiger partial charge in [0.2, 0.25) is 0 Å². The van der Waals surface area contributed by atoms with E-state index < -0.39 is 5.54 Å². The fourth-order valence-electron chi connectivity index (χ4n) is 2.45. The van der Waals surface area contributed by atoms with Gasteiger partial charge < -0.3 is 5.32 Å². The second kappa shape index (κ2) is 3.30. The molecule has 1 spiro atoms. The maximum absolute atomic E-state index is 11.9. The third-order valence-electron chi connectivity index (χ3n) is 3.14. The maximum Gasteiger partial charge on any atom is 0.322 e. The summed E-state index contributed by atoms with van der Waals surface area (Å²) < 4.78 is 1.01. The second-order valence-corrected chi connectivity index (χ2v) is 6.57. The summed E-state index contributed by atoms with van der Waals surface area (Å²) in [7, 11) is 0. The Balaban J connectivity index is 2.16. The number of thiophene rings is 1. The van der Waals surface area contributed by atoms with E-state index in [4.69, 9.17) is 0 Å². The normalized spacial score (nSPS) is 27.8. The van der Waals surface area contributed by atoms with Crippen LogP contribution in [-0.2, 0) is 16.8 Å². The molecule has 1 aliphatic heterocycles. The number of imide groups is 1. The van der Waals surface area contributed by atoms with Crippen LogP contribution in [0.25, 0.3) is 0 Å². The van der Waals surface area contributed by atoms with E-state index in [0.717, 1.165) is 22.2 Å². The number of urea groups is 1. The molecule has 3 amide bonds. The van der Waals surface area contributed by atoms with Gasteiger partial charge in [0, 0.05) is 10.4 Å². The monoisotopic (exact) mass is 300 g/mol. The Kier molecular flexibility index (Phi) is 2.12. The van der Waals surface area contributed by atoms with E-state index in [9.17, 15) is 9.59 Å². The molecule has 2 heterocycles. The van der Waals surface area contributed by atoms with Crippen LogP contribution in [0.3, 0.4) is 0 Å². The summed E-state index contributed by atoms with van der Waals surface area (Å²) in [6.45, 7) is 0. The molecule has 1 aromatic heterocycles. The number of nitrogens with one attached hydrogen (secondary N) is 2. The molecule has 2 aliphatic rings. The van der Waals surface area contributed by atoms with Crippen LogP contribution in [0, 0.1) is 0 Å². The summed E-state index contributed by atoms with van der Waals surface area (Å²) in [5.74, 6) is -0.219. The lowest BCUT2D eigenvalue weighted by atomic mass is 9.80. The van der Waals surface area contributed by atoms with Crippen molar-refractivity contribution in [3.05, 3.63) is 20.3 Å². The van der Waals surface area contributed by atoms with Crippen molar-refractivity contribution in [3.8, 4) is 0 Å². The van der Waals surface area contributed by atoms with Gasteiger partial charge >= 0.3 is 6.03 Å². The molecule has 1 unspecified atom stereocenters. The van der Waals surface area contributed by atoms with Crippen LogP contribution < -0.4 is 10.6 Å². The van der Waals surface area contributed by atoms with E-state index in [1.807, 2.05) is 6.07 Å². The Hall–Kier alpha value is -0.880. The molecule has 4 nitrogen and oxygen atoms in total. The van der Waals surface area contributed by atoms with Crippen LogP contribution in [-0.4, -0.2) is 11.9 Å². The van der Waals surface area contributed by atoms with Crippen LogP contribution in [0.5, 0.6) is 0 Å². The molecule has 6 heteroatoms. The minimum atomic E-state index is -0.812. The zero-order chi connectivity index (χ0) is 11.3. The quantitative estimate of drug-likeness (QED) is 0.719. The lowest BCUT2D eigenvalue weighted by molar-refractivity contribution is -0.124. The van der Waals surface area contributed by atoms with Gasteiger partial charge in [0.15, 0.2) is 0 Å². The van der Waals surface area contributed by atoms with E-state index in [1.165, 1.54) is 4.88 Å². The van der Waals surface area contributed by atoms with Gasteiger partial charge in [-0.3, -0.25) is 10.1 Å². The van der Waals surface area contributed by atoms with Gasteiger partial charge in [-0.1, -0.05) is 0 Å². The highest BCUT2D eigenvalue weighted by Gasteiger charge is 2.50. The van der Waals surface area contributed by atoms with Gasteiger partial charge in [-0.05, 0) is 41.3 Å². The lowest BCUT2D eigenvalue weighted by Gasteiger charge is -2.30. The number of amides is 3. The first-order valence-electron chi connectivity index (χ1n) is 5.04.